The van der Waals surface area contributed by atoms with Crippen LogP contribution in [0.3, 0.4) is 0 Å². The quantitative estimate of drug-likeness (QED) is 0.168. The first kappa shape index (κ1) is 18.9. The highest BCUT2D eigenvalue weighted by Gasteiger charge is 2.43. The summed E-state index contributed by atoms with van der Waals surface area (Å²) in [5.74, 6) is 0.498. The molecule has 2 aliphatic heterocycles. The van der Waals surface area contributed by atoms with Gasteiger partial charge in [-0.25, -0.2) is 4.99 Å². The molecule has 3 aromatic rings. The molecule has 2 heterocycles. The van der Waals surface area contributed by atoms with E-state index in [0.29, 0.717) is 15.9 Å². The Labute approximate surface area is 204 Å². The molecule has 0 unspecified atom stereocenters. The van der Waals surface area contributed by atoms with Gasteiger partial charge in [-0.3, -0.25) is 9.69 Å². The van der Waals surface area contributed by atoms with Crippen molar-refractivity contribution in [2.24, 2.45) is 4.99 Å². The van der Waals surface area contributed by atoms with Gasteiger partial charge in [0.15, 0.2) is 0 Å². The highest BCUT2D eigenvalue weighted by molar-refractivity contribution is 9.15. The second kappa shape index (κ2) is 6.47. The third-order valence-corrected chi connectivity index (χ3v) is 10.7. The molecule has 0 bridgehead atoms. The Bertz CT molecular complexity index is 1270. The Hall–Kier alpha value is -0.0600. The fraction of sp³-hybridized carbons (Fsp3) is 0. The van der Waals surface area contributed by atoms with Crippen LogP contribution in [-0.4, -0.2) is 11.7 Å². The fourth-order valence-corrected chi connectivity index (χ4v) is 6.79. The number of rotatable bonds is 0. The number of benzene rings is 3. The minimum absolute atomic E-state index is 0.112. The number of hydrogen-bond donors (Lipinski definition) is 0. The van der Waals surface area contributed by atoms with Crippen molar-refractivity contribution in [3.8, 4) is 0 Å². The lowest BCUT2D eigenvalue weighted by molar-refractivity contribution is 0.101. The number of amides is 1. The molecule has 5 rings (SSSR count). The molecule has 9 heteroatoms. The van der Waals surface area contributed by atoms with Crippen LogP contribution in [0.15, 0.2) is 56.1 Å². The molecule has 0 spiro atoms. The molecule has 0 atom stereocenters. The van der Waals surface area contributed by atoms with Crippen molar-refractivity contribution in [3.63, 3.8) is 0 Å². The first-order valence-electron chi connectivity index (χ1n) is 7.53. The monoisotopic (exact) mass is 738 g/mol. The number of fused-ring (bicyclic) bond motifs is 4. The van der Waals surface area contributed by atoms with Gasteiger partial charge in [-0.15, -0.1) is 0 Å². The smallest absolute Gasteiger partial charge is 0.266 e. The van der Waals surface area contributed by atoms with Gasteiger partial charge in [-0.1, -0.05) is 22.0 Å². The predicted molar refractivity (Wildman–Crippen MR) is 130 cm³/mol. The summed E-state index contributed by atoms with van der Waals surface area (Å²) >= 11 is 21.6. The third-order valence-electron chi connectivity index (χ3n) is 4.61. The van der Waals surface area contributed by atoms with Crippen molar-refractivity contribution in [3.05, 3.63) is 62.2 Å². The van der Waals surface area contributed by atoms with Gasteiger partial charge in [0, 0.05) is 43.2 Å². The standard InChI is InChI=1S/C18H4Br6N2O/c19-6-3-4-8-9-5(6)1-2-7(20)16(9)25-17-10-11(18(27)26(8)17)13(22)15(24)14(23)12(10)21/h1-4H. The number of carbonyl (C=O) groups excluding carboxylic acids is 1. The number of amidine groups is 1. The maximum absolute atomic E-state index is 13.4. The highest BCUT2D eigenvalue weighted by atomic mass is 79.9. The Balaban J connectivity index is 1.95. The summed E-state index contributed by atoms with van der Waals surface area (Å²) in [6.45, 7) is 0. The zero-order valence-corrected chi connectivity index (χ0v) is 22.4. The van der Waals surface area contributed by atoms with Crippen LogP contribution in [0.25, 0.3) is 10.8 Å². The van der Waals surface area contributed by atoms with Crippen LogP contribution < -0.4 is 4.90 Å². The summed E-state index contributed by atoms with van der Waals surface area (Å²) in [4.78, 5) is 20.0. The SMILES string of the molecule is O=C1c2c(Br)c(Br)c(Br)c(Br)c2C2=Nc3c(Br)ccc4c(Br)ccc(c34)N12. The van der Waals surface area contributed by atoms with E-state index in [0.717, 1.165) is 50.1 Å². The Kier molecular flexibility index (Phi) is 4.54. The molecule has 0 fully saturated rings. The molecule has 2 aliphatic rings. The Morgan fingerprint density at radius 2 is 1.37 bits per heavy atom. The molecule has 3 aromatic carbocycles. The zero-order valence-electron chi connectivity index (χ0n) is 12.9. The number of nitrogens with zero attached hydrogens (tertiary/aromatic N) is 2. The first-order valence-corrected chi connectivity index (χ1v) is 12.3. The van der Waals surface area contributed by atoms with Gasteiger partial charge in [-0.05, 0) is 97.8 Å². The molecule has 0 radical (unpaired) electrons. The molecular formula is C18H4Br6N2O. The molecule has 3 nitrogen and oxygen atoms in total. The van der Waals surface area contributed by atoms with E-state index in [4.69, 9.17) is 4.99 Å². The maximum atomic E-state index is 13.4. The molecule has 1 amide bonds. The predicted octanol–water partition coefficient (Wildman–Crippen LogP) is 8.47. The van der Waals surface area contributed by atoms with Gasteiger partial charge >= 0.3 is 0 Å². The van der Waals surface area contributed by atoms with Gasteiger partial charge < -0.3 is 0 Å². The number of hydrogen-bond acceptors (Lipinski definition) is 2. The molecule has 0 N–H and O–H groups in total. The average Bonchev–Trinajstić information content (AvgIpc) is 2.95. The third kappa shape index (κ3) is 2.45. The summed E-state index contributed by atoms with van der Waals surface area (Å²) < 4.78 is 4.93. The molecule has 0 saturated carbocycles. The van der Waals surface area contributed by atoms with Crippen molar-refractivity contribution in [2.75, 3.05) is 4.90 Å². The van der Waals surface area contributed by atoms with Crippen molar-refractivity contribution in [1.29, 1.82) is 0 Å². The number of anilines is 1. The van der Waals surface area contributed by atoms with Gasteiger partial charge in [-0.2, -0.15) is 0 Å². The highest BCUT2D eigenvalue weighted by Crippen LogP contribution is 2.52. The van der Waals surface area contributed by atoms with Crippen molar-refractivity contribution >= 4 is 129 Å². The van der Waals surface area contributed by atoms with E-state index >= 15 is 0 Å². The fourth-order valence-electron chi connectivity index (χ4n) is 3.44. The topological polar surface area (TPSA) is 32.7 Å². The lowest BCUT2D eigenvalue weighted by Gasteiger charge is -2.25. The van der Waals surface area contributed by atoms with Gasteiger partial charge in [0.1, 0.15) is 5.84 Å². The summed E-state index contributed by atoms with van der Waals surface area (Å²) in [5, 5.41) is 1.95. The number of aliphatic imine (C=N–C) groups is 1. The lowest BCUT2D eigenvalue weighted by Crippen LogP contribution is -2.31. The van der Waals surface area contributed by atoms with Crippen LogP contribution >= 0.6 is 95.6 Å². The summed E-state index contributed by atoms with van der Waals surface area (Å²) in [7, 11) is 0. The Morgan fingerprint density at radius 3 is 2.07 bits per heavy atom. The maximum Gasteiger partial charge on any atom is 0.266 e. The molecule has 0 aromatic heterocycles. The minimum Gasteiger partial charge on any atom is -0.268 e. The van der Waals surface area contributed by atoms with Crippen LogP contribution in [0.5, 0.6) is 0 Å². The molecule has 0 saturated heterocycles. The van der Waals surface area contributed by atoms with Crippen LogP contribution in [0.2, 0.25) is 0 Å². The van der Waals surface area contributed by atoms with Crippen molar-refractivity contribution in [2.45, 2.75) is 0 Å². The van der Waals surface area contributed by atoms with Crippen LogP contribution in [0.4, 0.5) is 11.4 Å². The van der Waals surface area contributed by atoms with E-state index in [1.54, 1.807) is 4.90 Å². The molecule has 0 aliphatic carbocycles. The van der Waals surface area contributed by atoms with Gasteiger partial charge in [0.2, 0.25) is 0 Å². The second-order valence-corrected chi connectivity index (χ2v) is 10.8. The van der Waals surface area contributed by atoms with Crippen molar-refractivity contribution < 1.29 is 4.79 Å². The Morgan fingerprint density at radius 1 is 0.741 bits per heavy atom. The first-order chi connectivity index (χ1) is 12.8. The van der Waals surface area contributed by atoms with Crippen LogP contribution in [0.1, 0.15) is 15.9 Å². The minimum atomic E-state index is -0.112. The second-order valence-electron chi connectivity index (χ2n) is 5.97. The van der Waals surface area contributed by atoms with E-state index in [1.807, 2.05) is 24.3 Å². The van der Waals surface area contributed by atoms with Crippen LogP contribution in [-0.2, 0) is 0 Å². The summed E-state index contributed by atoms with van der Waals surface area (Å²) in [5.41, 5.74) is 2.98. The molecular weight excluding hydrogens is 740 g/mol. The summed E-state index contributed by atoms with van der Waals surface area (Å²) in [6.07, 6.45) is 0. The average molecular weight is 744 g/mol. The summed E-state index contributed by atoms with van der Waals surface area (Å²) in [6, 6.07) is 7.91. The van der Waals surface area contributed by atoms with E-state index < -0.39 is 0 Å². The normalized spacial score (nSPS) is 14.5. The van der Waals surface area contributed by atoms with E-state index in [2.05, 4.69) is 95.6 Å². The van der Waals surface area contributed by atoms with E-state index in [-0.39, 0.29) is 5.91 Å². The molecule has 134 valence electrons. The van der Waals surface area contributed by atoms with E-state index in [1.165, 1.54) is 0 Å². The van der Waals surface area contributed by atoms with Gasteiger partial charge in [0.25, 0.3) is 5.91 Å². The lowest BCUT2D eigenvalue weighted by atomic mass is 10.0. The largest absolute Gasteiger partial charge is 0.268 e. The van der Waals surface area contributed by atoms with Gasteiger partial charge in [0.05, 0.1) is 16.9 Å². The number of halogens is 6. The van der Waals surface area contributed by atoms with Crippen LogP contribution in [0, 0.1) is 0 Å². The zero-order chi connectivity index (χ0) is 19.2. The molecule has 27 heavy (non-hydrogen) atoms. The number of carbonyl (C=O) groups is 1. The van der Waals surface area contributed by atoms with Crippen molar-refractivity contribution in [1.82, 2.24) is 0 Å². The van der Waals surface area contributed by atoms with E-state index in [9.17, 15) is 4.79 Å².